The van der Waals surface area contributed by atoms with Crippen LogP contribution in [0, 0.1) is 12.7 Å². The van der Waals surface area contributed by atoms with Gasteiger partial charge in [-0.3, -0.25) is 5.10 Å². The van der Waals surface area contributed by atoms with E-state index in [1.54, 1.807) is 12.3 Å². The second-order valence-electron chi connectivity index (χ2n) is 9.62. The first-order valence-corrected chi connectivity index (χ1v) is 13.1. The lowest BCUT2D eigenvalue weighted by Crippen LogP contribution is -2.29. The summed E-state index contributed by atoms with van der Waals surface area (Å²) in [5, 5.41) is 11.3. The van der Waals surface area contributed by atoms with Gasteiger partial charge < -0.3 is 10.2 Å². The van der Waals surface area contributed by atoms with Gasteiger partial charge in [0, 0.05) is 35.0 Å². The van der Waals surface area contributed by atoms with Crippen molar-refractivity contribution in [1.29, 1.82) is 0 Å². The van der Waals surface area contributed by atoms with E-state index in [1.807, 2.05) is 39.0 Å². The summed E-state index contributed by atoms with van der Waals surface area (Å²) in [6, 6.07) is 5.83. The zero-order valence-corrected chi connectivity index (χ0v) is 22.1. The number of nitrogens with one attached hydrogen (secondary N) is 2. The third-order valence-corrected chi connectivity index (χ3v) is 6.98. The molecule has 2 aromatic rings. The number of likely N-dealkylation sites (tertiary alicyclic amines) is 1. The van der Waals surface area contributed by atoms with E-state index in [0.29, 0.717) is 29.0 Å². The molecule has 1 aromatic heterocycles. The molecule has 6 heteroatoms. The third kappa shape index (κ3) is 6.91. The highest BCUT2D eigenvalue weighted by atomic mass is 19.1. The fraction of sp³-hybridized carbons (Fsp3) is 0.517. The second kappa shape index (κ2) is 12.8. The molecule has 2 aliphatic rings. The molecule has 2 heterocycles. The Morgan fingerprint density at radius 3 is 2.54 bits per heavy atom. The minimum absolute atomic E-state index is 0.242. The SMILES string of the molecule is C=C(/N=C\C=C(/C)c1c(-c2ccc(C)cc2F)n[nH]c1C1CCN(C)CC1)NC1CCCC1.CC. The highest BCUT2D eigenvalue weighted by Crippen LogP contribution is 2.38. The van der Waals surface area contributed by atoms with Crippen LogP contribution in [0.4, 0.5) is 4.39 Å². The first-order chi connectivity index (χ1) is 16.9. The summed E-state index contributed by atoms with van der Waals surface area (Å²) < 4.78 is 14.9. The van der Waals surface area contributed by atoms with Crippen molar-refractivity contribution in [1.82, 2.24) is 20.4 Å². The van der Waals surface area contributed by atoms with Gasteiger partial charge in [-0.15, -0.1) is 0 Å². The highest BCUT2D eigenvalue weighted by molar-refractivity contribution is 5.89. The normalized spacial score (nSPS) is 18.1. The van der Waals surface area contributed by atoms with E-state index < -0.39 is 0 Å². The van der Waals surface area contributed by atoms with E-state index >= 15 is 0 Å². The number of aryl methyl sites for hydroxylation is 1. The Labute approximate surface area is 210 Å². The highest BCUT2D eigenvalue weighted by Gasteiger charge is 2.26. The van der Waals surface area contributed by atoms with Gasteiger partial charge in [0.15, 0.2) is 0 Å². The topological polar surface area (TPSA) is 56.3 Å². The molecule has 5 nitrogen and oxygen atoms in total. The molecule has 1 aromatic carbocycles. The summed E-state index contributed by atoms with van der Waals surface area (Å²) >= 11 is 0. The largest absolute Gasteiger partial charge is 0.368 e. The van der Waals surface area contributed by atoms with Crippen LogP contribution in [0.3, 0.4) is 0 Å². The van der Waals surface area contributed by atoms with Crippen LogP contribution in [0.2, 0.25) is 0 Å². The van der Waals surface area contributed by atoms with Crippen molar-refractivity contribution in [2.45, 2.75) is 78.2 Å². The summed E-state index contributed by atoms with van der Waals surface area (Å²) in [5.41, 5.74) is 5.22. The maximum absolute atomic E-state index is 14.9. The number of piperidine rings is 1. The Morgan fingerprint density at radius 1 is 1.20 bits per heavy atom. The van der Waals surface area contributed by atoms with E-state index in [2.05, 4.69) is 46.0 Å². The molecule has 0 spiro atoms. The molecule has 1 saturated carbocycles. The minimum atomic E-state index is -0.242. The summed E-state index contributed by atoms with van der Waals surface area (Å²) in [6.07, 6.45) is 10.8. The lowest BCUT2D eigenvalue weighted by Gasteiger charge is -2.29. The summed E-state index contributed by atoms with van der Waals surface area (Å²) in [5.74, 6) is 0.831. The Kier molecular flexibility index (Phi) is 9.84. The Balaban J connectivity index is 0.00000167. The number of benzene rings is 1. The van der Waals surface area contributed by atoms with Crippen molar-refractivity contribution < 1.29 is 4.39 Å². The van der Waals surface area contributed by atoms with Crippen LogP contribution in [0.25, 0.3) is 16.8 Å². The molecular formula is C29H42FN5. The van der Waals surface area contributed by atoms with Gasteiger partial charge in [0.2, 0.25) is 0 Å². The van der Waals surface area contributed by atoms with Crippen LogP contribution >= 0.6 is 0 Å². The van der Waals surface area contributed by atoms with E-state index in [1.165, 1.54) is 25.7 Å². The number of hydrogen-bond donors (Lipinski definition) is 2. The predicted molar refractivity (Wildman–Crippen MR) is 146 cm³/mol. The first-order valence-electron chi connectivity index (χ1n) is 13.1. The first kappa shape index (κ1) is 26.9. The van der Waals surface area contributed by atoms with E-state index in [4.69, 9.17) is 0 Å². The van der Waals surface area contributed by atoms with Crippen LogP contribution in [-0.4, -0.2) is 47.5 Å². The summed E-state index contributed by atoms with van der Waals surface area (Å²) in [7, 11) is 2.16. The number of hydrogen-bond acceptors (Lipinski definition) is 4. The molecule has 0 amide bonds. The monoisotopic (exact) mass is 479 g/mol. The molecular weight excluding hydrogens is 437 g/mol. The number of aliphatic imine (C=N–C) groups is 1. The Hall–Kier alpha value is -2.73. The summed E-state index contributed by atoms with van der Waals surface area (Å²) in [4.78, 5) is 6.86. The average molecular weight is 480 g/mol. The Morgan fingerprint density at radius 2 is 1.89 bits per heavy atom. The van der Waals surface area contributed by atoms with Gasteiger partial charge in [0.25, 0.3) is 0 Å². The molecule has 1 saturated heterocycles. The molecule has 1 aliphatic heterocycles. The number of nitrogens with zero attached hydrogens (tertiary/aromatic N) is 3. The predicted octanol–water partition coefficient (Wildman–Crippen LogP) is 6.84. The molecule has 35 heavy (non-hydrogen) atoms. The lowest BCUT2D eigenvalue weighted by molar-refractivity contribution is 0.253. The fourth-order valence-corrected chi connectivity index (χ4v) is 5.02. The van der Waals surface area contributed by atoms with Crippen LogP contribution in [0.1, 0.15) is 82.0 Å². The van der Waals surface area contributed by atoms with Crippen LogP contribution in [-0.2, 0) is 0 Å². The number of H-pyrrole nitrogens is 1. The molecule has 2 N–H and O–H groups in total. The van der Waals surface area contributed by atoms with Crippen LogP contribution in [0.15, 0.2) is 41.7 Å². The zero-order valence-electron chi connectivity index (χ0n) is 22.1. The van der Waals surface area contributed by atoms with Crippen molar-refractivity contribution >= 4 is 11.8 Å². The number of aromatic nitrogens is 2. The van der Waals surface area contributed by atoms with E-state index in [-0.39, 0.29) is 5.82 Å². The number of rotatable bonds is 7. The molecule has 1 aliphatic carbocycles. The van der Waals surface area contributed by atoms with Crippen molar-refractivity contribution in [3.63, 3.8) is 0 Å². The molecule has 0 bridgehead atoms. The summed E-state index contributed by atoms with van der Waals surface area (Å²) in [6.45, 7) is 14.1. The molecule has 0 atom stereocenters. The maximum Gasteiger partial charge on any atom is 0.132 e. The van der Waals surface area contributed by atoms with Crippen molar-refractivity contribution in [2.75, 3.05) is 20.1 Å². The Bertz CT molecular complexity index is 1040. The zero-order chi connectivity index (χ0) is 25.4. The van der Waals surface area contributed by atoms with Crippen molar-refractivity contribution in [3.8, 4) is 11.3 Å². The van der Waals surface area contributed by atoms with Gasteiger partial charge >= 0.3 is 0 Å². The van der Waals surface area contributed by atoms with Gasteiger partial charge in [-0.25, -0.2) is 9.38 Å². The molecule has 0 unspecified atom stereocenters. The third-order valence-electron chi connectivity index (χ3n) is 6.98. The van der Waals surface area contributed by atoms with Gasteiger partial charge in [-0.1, -0.05) is 39.3 Å². The van der Waals surface area contributed by atoms with Gasteiger partial charge in [-0.05, 0) is 89.0 Å². The van der Waals surface area contributed by atoms with Crippen LogP contribution in [0.5, 0.6) is 0 Å². The maximum atomic E-state index is 14.9. The van der Waals surface area contributed by atoms with E-state index in [9.17, 15) is 4.39 Å². The van der Waals surface area contributed by atoms with Crippen LogP contribution < -0.4 is 5.32 Å². The van der Waals surface area contributed by atoms with Crippen molar-refractivity contribution in [3.05, 3.63) is 59.3 Å². The van der Waals surface area contributed by atoms with Crippen molar-refractivity contribution in [2.24, 2.45) is 4.99 Å². The smallest absolute Gasteiger partial charge is 0.132 e. The molecule has 0 radical (unpaired) electrons. The average Bonchev–Trinajstić information content (AvgIpc) is 3.51. The number of aromatic amines is 1. The number of halogens is 1. The van der Waals surface area contributed by atoms with E-state index in [0.717, 1.165) is 48.3 Å². The minimum Gasteiger partial charge on any atom is -0.368 e. The number of allylic oxidation sites excluding steroid dienone is 2. The molecule has 190 valence electrons. The second-order valence-corrected chi connectivity index (χ2v) is 9.62. The standard InChI is InChI=1S/C27H36FN5.C2H6/c1-18-9-10-23(24(28)17-18)27-25(26(31-32-27)21-12-15-33(4)16-13-21)19(2)11-14-29-20(3)30-22-7-5-6-8-22;1-2/h9-11,14,17,21-22,30H,3,5-8,12-13,15-16H2,1-2,4H3,(H,31,32);1-2H3/b19-11+,29-14-;. The molecule has 4 rings (SSSR count). The van der Waals surface area contributed by atoms with Gasteiger partial charge in [-0.2, -0.15) is 5.10 Å². The van der Waals surface area contributed by atoms with Gasteiger partial charge in [0.1, 0.15) is 17.3 Å². The van der Waals surface area contributed by atoms with Gasteiger partial charge in [0.05, 0.1) is 0 Å². The lowest BCUT2D eigenvalue weighted by atomic mass is 9.87. The molecule has 2 fully saturated rings. The fourth-order valence-electron chi connectivity index (χ4n) is 5.02. The quantitative estimate of drug-likeness (QED) is 0.428.